The molecule has 2 aromatic carbocycles. The summed E-state index contributed by atoms with van der Waals surface area (Å²) in [5, 5.41) is 13.2. The van der Waals surface area contributed by atoms with E-state index in [1.807, 2.05) is 33.1 Å². The summed E-state index contributed by atoms with van der Waals surface area (Å²) in [7, 11) is 6.02. The number of Topliss-reactive ketones (excluding diaryl/α,β-unsaturated/α-hetero) is 3. The highest BCUT2D eigenvalue weighted by atomic mass is 35.5. The van der Waals surface area contributed by atoms with E-state index < -0.39 is 18.5 Å². The minimum absolute atomic E-state index is 0.0338. The van der Waals surface area contributed by atoms with Crippen LogP contribution in [0.4, 0.5) is 5.69 Å². The predicted molar refractivity (Wildman–Crippen MR) is 221 cm³/mol. The van der Waals surface area contributed by atoms with Crippen LogP contribution in [0.2, 0.25) is 10.0 Å². The second kappa shape index (κ2) is 24.0. The number of carbonyl (C=O) groups is 4. The summed E-state index contributed by atoms with van der Waals surface area (Å²) in [6, 6.07) is 6.39. The molecule has 0 amide bonds. The zero-order chi connectivity index (χ0) is 43.0. The van der Waals surface area contributed by atoms with Crippen molar-refractivity contribution in [3.05, 3.63) is 83.2 Å². The lowest BCUT2D eigenvalue weighted by atomic mass is 9.99. The van der Waals surface area contributed by atoms with Gasteiger partial charge in [-0.1, -0.05) is 50.9 Å². The van der Waals surface area contributed by atoms with Crippen molar-refractivity contribution in [2.75, 3.05) is 47.4 Å². The molecule has 0 bridgehead atoms. The van der Waals surface area contributed by atoms with Crippen LogP contribution >= 0.6 is 45.9 Å². The molecule has 0 aliphatic carbocycles. The number of ketones is 3. The number of aromatic nitrogens is 2. The molecule has 0 saturated heterocycles. The summed E-state index contributed by atoms with van der Waals surface area (Å²) in [6.07, 6.45) is -1.08. The third-order valence-electron chi connectivity index (χ3n) is 7.90. The Morgan fingerprint density at radius 1 is 0.702 bits per heavy atom. The monoisotopic (exact) mass is 869 g/mol. The number of nitrogens with zero attached hydrogens (tertiary/aromatic N) is 2. The normalized spacial score (nSPS) is 10.9. The van der Waals surface area contributed by atoms with Crippen LogP contribution in [0.3, 0.4) is 0 Å². The van der Waals surface area contributed by atoms with Crippen molar-refractivity contribution in [3.63, 3.8) is 0 Å². The van der Waals surface area contributed by atoms with Crippen molar-refractivity contribution in [1.82, 2.24) is 9.97 Å². The molecule has 0 aliphatic rings. The van der Waals surface area contributed by atoms with E-state index in [4.69, 9.17) is 62.5 Å². The fraction of sp³-hybridized carbons (Fsp3) is 0.436. The molecule has 2 heterocycles. The molecule has 4 rings (SSSR count). The van der Waals surface area contributed by atoms with Crippen molar-refractivity contribution in [1.29, 1.82) is 0 Å². The van der Waals surface area contributed by atoms with Gasteiger partial charge in [-0.05, 0) is 55.5 Å². The number of nitrogens with two attached hydrogens (primary N) is 1. The topological polar surface area (TPSA) is 196 Å². The average Bonchev–Trinajstić information content (AvgIpc) is 3.88. The molecular formula is C39H49Cl2N3O11S2. The minimum Gasteiger partial charge on any atom is -0.487 e. The van der Waals surface area contributed by atoms with Gasteiger partial charge in [-0.25, -0.2) is 14.8 Å². The molecule has 0 unspecified atom stereocenters. The van der Waals surface area contributed by atoms with Crippen LogP contribution in [0.5, 0.6) is 11.5 Å². The number of nitrogen functional groups attached to an aromatic ring is 1. The molecule has 0 atom stereocenters. The summed E-state index contributed by atoms with van der Waals surface area (Å²) in [4.78, 5) is 54.8. The quantitative estimate of drug-likeness (QED) is 0.0548. The van der Waals surface area contributed by atoms with Crippen LogP contribution in [-0.4, -0.2) is 92.6 Å². The first-order chi connectivity index (χ1) is 26.9. The average molecular weight is 871 g/mol. The third-order valence-corrected chi connectivity index (χ3v) is 10.5. The van der Waals surface area contributed by atoms with E-state index in [0.717, 1.165) is 11.4 Å². The molecule has 18 heteroatoms. The number of benzene rings is 2. The number of hydrogen-bond donors (Lipinski definition) is 2. The first kappa shape index (κ1) is 49.1. The number of aromatic carboxylic acids is 1. The molecule has 0 spiro atoms. The molecule has 0 radical (unpaired) electrons. The zero-order valence-corrected chi connectivity index (χ0v) is 36.6. The Balaban J connectivity index is 0.000000329. The lowest BCUT2D eigenvalue weighted by Crippen LogP contribution is -2.22. The Labute approximate surface area is 350 Å². The largest absolute Gasteiger partial charge is 0.487 e. The smallest absolute Gasteiger partial charge is 0.365 e. The van der Waals surface area contributed by atoms with Gasteiger partial charge in [0.05, 0.1) is 22.1 Å². The van der Waals surface area contributed by atoms with Gasteiger partial charge in [0.2, 0.25) is 5.01 Å². The van der Waals surface area contributed by atoms with Gasteiger partial charge in [0.25, 0.3) is 0 Å². The van der Waals surface area contributed by atoms with Gasteiger partial charge < -0.3 is 39.3 Å². The minimum atomic E-state index is -0.943. The number of carboxylic acid groups (broad SMARTS) is 1. The van der Waals surface area contributed by atoms with Gasteiger partial charge in [-0.3, -0.25) is 14.4 Å². The highest BCUT2D eigenvalue weighted by Crippen LogP contribution is 2.34. The number of carboxylic acids is 1. The van der Waals surface area contributed by atoms with Gasteiger partial charge in [-0.15, -0.1) is 22.7 Å². The number of anilines is 1. The van der Waals surface area contributed by atoms with Crippen LogP contribution in [0.15, 0.2) is 35.0 Å². The molecule has 0 saturated carbocycles. The van der Waals surface area contributed by atoms with Crippen molar-refractivity contribution < 1.29 is 52.7 Å². The fourth-order valence-corrected chi connectivity index (χ4v) is 6.79. The van der Waals surface area contributed by atoms with Crippen LogP contribution in [0.1, 0.15) is 111 Å². The van der Waals surface area contributed by atoms with Gasteiger partial charge in [0.15, 0.2) is 34.9 Å². The first-order valence-electron chi connectivity index (χ1n) is 17.4. The van der Waals surface area contributed by atoms with Crippen molar-refractivity contribution in [2.45, 2.75) is 72.4 Å². The van der Waals surface area contributed by atoms with Crippen LogP contribution < -0.4 is 15.2 Å². The standard InChI is InChI=1S/C20H24ClNO5S.C12H16ClNO4.C7H9NO2S/c1-11(2)15-10-28-20(22-15)16(24)8-14-13(12(3)23)6-7-17(19(14)21)27-9-18(25-4)26-5;1-7(15)8-4-5-9(11(13)12(8)14)18-6-10(16-2)17-3;1-4(2)5-3-11-6(8-5)7(9)10/h6-7,10-11,18H,8-9H2,1-5H3;4-5,10H,6,14H2,1-3H3;3-4H,1-2H3,(H,9,10). The Bertz CT molecular complexity index is 1960. The fourth-order valence-electron chi connectivity index (χ4n) is 4.55. The van der Waals surface area contributed by atoms with Gasteiger partial charge in [0.1, 0.15) is 29.7 Å². The second-order valence-corrected chi connectivity index (χ2v) is 15.1. The molecular weight excluding hydrogens is 821 g/mol. The number of rotatable bonds is 18. The molecule has 0 aliphatic heterocycles. The maximum absolute atomic E-state index is 12.7. The highest BCUT2D eigenvalue weighted by Gasteiger charge is 2.22. The van der Waals surface area contributed by atoms with Crippen LogP contribution in [-0.2, 0) is 25.4 Å². The summed E-state index contributed by atoms with van der Waals surface area (Å²) in [5.74, 6) is -0.168. The number of thiazole rings is 2. The predicted octanol–water partition coefficient (Wildman–Crippen LogP) is 8.63. The van der Waals surface area contributed by atoms with Crippen molar-refractivity contribution in [3.8, 4) is 11.5 Å². The van der Waals surface area contributed by atoms with Crippen LogP contribution in [0.25, 0.3) is 0 Å². The van der Waals surface area contributed by atoms with Crippen molar-refractivity contribution in [2.24, 2.45) is 0 Å². The number of carbonyl (C=O) groups excluding carboxylic acids is 3. The maximum Gasteiger partial charge on any atom is 0.365 e. The third kappa shape index (κ3) is 14.7. The lowest BCUT2D eigenvalue weighted by molar-refractivity contribution is -0.122. The number of halogens is 2. The van der Waals surface area contributed by atoms with E-state index >= 15 is 0 Å². The van der Waals surface area contributed by atoms with E-state index in [2.05, 4.69) is 9.97 Å². The van der Waals surface area contributed by atoms with Crippen molar-refractivity contribution >= 4 is 74.9 Å². The number of hydrogen-bond acceptors (Lipinski definition) is 15. The van der Waals surface area contributed by atoms with E-state index in [9.17, 15) is 19.2 Å². The Morgan fingerprint density at radius 3 is 1.51 bits per heavy atom. The molecule has 4 aromatic rings. The molecule has 3 N–H and O–H groups in total. The molecule has 2 aromatic heterocycles. The van der Waals surface area contributed by atoms with Gasteiger partial charge in [-0.2, -0.15) is 0 Å². The lowest BCUT2D eigenvalue weighted by Gasteiger charge is -2.17. The maximum atomic E-state index is 12.7. The van der Waals surface area contributed by atoms with E-state index in [0.29, 0.717) is 39.1 Å². The summed E-state index contributed by atoms with van der Waals surface area (Å²) in [5.41, 5.74) is 8.90. The highest BCUT2D eigenvalue weighted by molar-refractivity contribution is 7.12. The Kier molecular flexibility index (Phi) is 20.7. The van der Waals surface area contributed by atoms with Crippen LogP contribution in [0, 0.1) is 0 Å². The number of ether oxygens (including phenoxy) is 6. The summed E-state index contributed by atoms with van der Waals surface area (Å²) in [6.45, 7) is 11.2. The second-order valence-electron chi connectivity index (χ2n) is 12.6. The summed E-state index contributed by atoms with van der Waals surface area (Å²) < 4.78 is 31.2. The Morgan fingerprint density at radius 2 is 1.12 bits per heavy atom. The van der Waals surface area contributed by atoms with E-state index in [1.165, 1.54) is 65.0 Å². The van der Waals surface area contributed by atoms with E-state index in [1.54, 1.807) is 29.6 Å². The summed E-state index contributed by atoms with van der Waals surface area (Å²) >= 11 is 15.0. The molecule has 57 heavy (non-hydrogen) atoms. The molecule has 312 valence electrons. The number of methoxy groups -OCH3 is 4. The van der Waals surface area contributed by atoms with E-state index in [-0.39, 0.29) is 63.6 Å². The van der Waals surface area contributed by atoms with Gasteiger partial charge >= 0.3 is 5.97 Å². The molecule has 0 fully saturated rings. The molecule has 14 nitrogen and oxygen atoms in total. The Hall–Kier alpha value is -4.00. The van der Waals surface area contributed by atoms with Gasteiger partial charge in [0, 0.05) is 56.7 Å². The zero-order valence-electron chi connectivity index (χ0n) is 33.5. The SMILES string of the molecule is CC(C)c1csc(C(=O)O)n1.COC(COc1ccc(C(C)=O)c(CC(=O)c2nc(C(C)C)cs2)c1Cl)OC.COC(COc1ccc(C(C)=O)c(N)c1Cl)OC. The first-order valence-corrected chi connectivity index (χ1v) is 19.9.